The van der Waals surface area contributed by atoms with Crippen LogP contribution in [0.25, 0.3) is 10.1 Å². The van der Waals surface area contributed by atoms with Gasteiger partial charge in [-0.15, -0.1) is 11.3 Å². The second-order valence-corrected chi connectivity index (χ2v) is 5.66. The molecule has 90 valence electrons. The van der Waals surface area contributed by atoms with E-state index >= 15 is 0 Å². The van der Waals surface area contributed by atoms with Gasteiger partial charge in [-0.25, -0.2) is 4.79 Å². The van der Waals surface area contributed by atoms with Crippen LogP contribution < -0.4 is 11.1 Å². The van der Waals surface area contributed by atoms with Crippen molar-refractivity contribution in [3.8, 4) is 0 Å². The van der Waals surface area contributed by atoms with Crippen LogP contribution in [0.15, 0.2) is 29.6 Å². The summed E-state index contributed by atoms with van der Waals surface area (Å²) in [6.07, 6.45) is 0. The number of nitrogens with two attached hydrogens (primary N) is 1. The smallest absolute Gasteiger partial charge is 0.312 e. The zero-order valence-electron chi connectivity index (χ0n) is 9.99. The molecule has 0 aliphatic carbocycles. The molecule has 0 bridgehead atoms. The van der Waals surface area contributed by atoms with Gasteiger partial charge in [-0.3, -0.25) is 0 Å². The van der Waals surface area contributed by atoms with Gasteiger partial charge in [-0.1, -0.05) is 32.0 Å². The highest BCUT2D eigenvalue weighted by Crippen LogP contribution is 2.34. The molecule has 3 N–H and O–H groups in total. The lowest BCUT2D eigenvalue weighted by Gasteiger charge is -2.24. The molecule has 3 nitrogen and oxygen atoms in total. The van der Waals surface area contributed by atoms with E-state index < -0.39 is 6.03 Å². The topological polar surface area (TPSA) is 55.1 Å². The molecule has 0 unspecified atom stereocenters. The maximum absolute atomic E-state index is 10.8. The summed E-state index contributed by atoms with van der Waals surface area (Å²) < 4.78 is 1.27. The Kier molecular flexibility index (Phi) is 3.07. The fraction of sp³-hybridized carbons (Fsp3) is 0.308. The van der Waals surface area contributed by atoms with E-state index in [2.05, 4.69) is 36.7 Å². The lowest BCUT2D eigenvalue weighted by atomic mass is 9.84. The van der Waals surface area contributed by atoms with Crippen LogP contribution in [0.3, 0.4) is 0 Å². The van der Waals surface area contributed by atoms with E-state index in [1.807, 2.05) is 12.1 Å². The van der Waals surface area contributed by atoms with Crippen molar-refractivity contribution in [2.24, 2.45) is 5.73 Å². The first-order chi connectivity index (χ1) is 8.00. The van der Waals surface area contributed by atoms with Gasteiger partial charge in [-0.05, 0) is 22.4 Å². The average Bonchev–Trinajstić information content (AvgIpc) is 2.71. The second kappa shape index (κ2) is 4.37. The maximum atomic E-state index is 10.8. The third kappa shape index (κ3) is 2.42. The summed E-state index contributed by atoms with van der Waals surface area (Å²) in [5, 5.41) is 6.10. The molecule has 0 atom stereocenters. The summed E-state index contributed by atoms with van der Waals surface area (Å²) >= 11 is 1.73. The first-order valence-electron chi connectivity index (χ1n) is 5.51. The zero-order chi connectivity index (χ0) is 12.5. The number of hydrogen-bond acceptors (Lipinski definition) is 2. The molecule has 0 fully saturated rings. The first-order valence-corrected chi connectivity index (χ1v) is 6.39. The Morgan fingerprint density at radius 1 is 1.41 bits per heavy atom. The molecule has 0 aliphatic rings. The van der Waals surface area contributed by atoms with Crippen LogP contribution in [0.2, 0.25) is 0 Å². The molecule has 2 aromatic rings. The number of amides is 2. The van der Waals surface area contributed by atoms with E-state index in [-0.39, 0.29) is 5.41 Å². The Hall–Kier alpha value is -1.55. The number of thiophene rings is 1. The number of hydrogen-bond donors (Lipinski definition) is 2. The van der Waals surface area contributed by atoms with Crippen molar-refractivity contribution in [3.05, 3.63) is 35.2 Å². The second-order valence-electron chi connectivity index (χ2n) is 4.75. The third-order valence-corrected chi connectivity index (χ3v) is 3.88. The van der Waals surface area contributed by atoms with Gasteiger partial charge in [0.2, 0.25) is 0 Å². The van der Waals surface area contributed by atoms with Gasteiger partial charge in [0.05, 0.1) is 0 Å². The molecule has 2 amide bonds. The minimum Gasteiger partial charge on any atom is -0.352 e. The molecule has 4 heteroatoms. The third-order valence-electron chi connectivity index (χ3n) is 2.91. The first kappa shape index (κ1) is 11.9. The minimum absolute atomic E-state index is 0.116. The van der Waals surface area contributed by atoms with E-state index in [0.717, 1.165) is 0 Å². The van der Waals surface area contributed by atoms with Crippen molar-refractivity contribution in [3.63, 3.8) is 0 Å². The van der Waals surface area contributed by atoms with Crippen LogP contribution in [0.1, 0.15) is 19.4 Å². The van der Waals surface area contributed by atoms with Crippen molar-refractivity contribution >= 4 is 27.5 Å². The van der Waals surface area contributed by atoms with E-state index in [4.69, 9.17) is 5.73 Å². The largest absolute Gasteiger partial charge is 0.352 e. The predicted molar refractivity (Wildman–Crippen MR) is 72.4 cm³/mol. The molecule has 0 saturated heterocycles. The molecule has 17 heavy (non-hydrogen) atoms. The number of primary amides is 1. The molecular formula is C13H16N2OS. The SMILES string of the molecule is CC(C)(CNC(N)=O)c1csc2ccccc12. The van der Waals surface area contributed by atoms with E-state index in [9.17, 15) is 4.79 Å². The summed E-state index contributed by atoms with van der Waals surface area (Å²) in [5.74, 6) is 0. The van der Waals surface area contributed by atoms with Crippen molar-refractivity contribution in [1.82, 2.24) is 5.32 Å². The Balaban J connectivity index is 2.35. The van der Waals surface area contributed by atoms with Gasteiger partial charge in [-0.2, -0.15) is 0 Å². The number of carbonyl (C=O) groups excluding carboxylic acids is 1. The molecular weight excluding hydrogens is 232 g/mol. The average molecular weight is 248 g/mol. The summed E-state index contributed by atoms with van der Waals surface area (Å²) in [4.78, 5) is 10.8. The summed E-state index contributed by atoms with van der Waals surface area (Å²) in [6.45, 7) is 4.76. The minimum atomic E-state index is -0.474. The van der Waals surface area contributed by atoms with Crippen molar-refractivity contribution in [1.29, 1.82) is 0 Å². The van der Waals surface area contributed by atoms with Gasteiger partial charge < -0.3 is 11.1 Å². The zero-order valence-corrected chi connectivity index (χ0v) is 10.8. The van der Waals surface area contributed by atoms with Crippen LogP contribution in [0, 0.1) is 0 Å². The lowest BCUT2D eigenvalue weighted by molar-refractivity contribution is 0.246. The van der Waals surface area contributed by atoms with Crippen LogP contribution in [0.4, 0.5) is 4.79 Å². The standard InChI is InChI=1S/C13H16N2OS/c1-13(2,8-15-12(14)16)10-7-17-11-6-4-3-5-9(10)11/h3-7H,8H2,1-2H3,(H3,14,15,16). The Morgan fingerprint density at radius 3 is 2.82 bits per heavy atom. The summed E-state index contributed by atoms with van der Waals surface area (Å²) in [6, 6.07) is 7.83. The summed E-state index contributed by atoms with van der Waals surface area (Å²) in [5.41, 5.74) is 6.26. The van der Waals surface area contributed by atoms with E-state index in [1.165, 1.54) is 15.6 Å². The van der Waals surface area contributed by atoms with E-state index in [0.29, 0.717) is 6.54 Å². The number of urea groups is 1. The fourth-order valence-electron chi connectivity index (χ4n) is 1.91. The number of carbonyl (C=O) groups is 1. The molecule has 0 spiro atoms. The van der Waals surface area contributed by atoms with Crippen LogP contribution in [0.5, 0.6) is 0 Å². The van der Waals surface area contributed by atoms with Crippen molar-refractivity contribution in [2.45, 2.75) is 19.3 Å². The highest BCUT2D eigenvalue weighted by Gasteiger charge is 2.24. The monoisotopic (exact) mass is 248 g/mol. The van der Waals surface area contributed by atoms with Crippen LogP contribution in [-0.4, -0.2) is 12.6 Å². The van der Waals surface area contributed by atoms with Crippen LogP contribution in [-0.2, 0) is 5.41 Å². The number of nitrogens with one attached hydrogen (secondary N) is 1. The Bertz CT molecular complexity index is 545. The molecule has 0 radical (unpaired) electrons. The Labute approximate surface area is 105 Å². The van der Waals surface area contributed by atoms with Gasteiger partial charge in [0.25, 0.3) is 0 Å². The number of benzene rings is 1. The van der Waals surface area contributed by atoms with Gasteiger partial charge in [0.15, 0.2) is 0 Å². The molecule has 1 heterocycles. The Morgan fingerprint density at radius 2 is 2.12 bits per heavy atom. The fourth-order valence-corrected chi connectivity index (χ4v) is 3.06. The maximum Gasteiger partial charge on any atom is 0.312 e. The molecule has 0 saturated carbocycles. The predicted octanol–water partition coefficient (Wildman–Crippen LogP) is 2.85. The highest BCUT2D eigenvalue weighted by atomic mass is 32.1. The number of fused-ring (bicyclic) bond motifs is 1. The molecule has 1 aromatic carbocycles. The van der Waals surface area contributed by atoms with Gasteiger partial charge in [0, 0.05) is 16.7 Å². The number of rotatable bonds is 3. The molecule has 2 rings (SSSR count). The van der Waals surface area contributed by atoms with E-state index in [1.54, 1.807) is 11.3 Å². The highest BCUT2D eigenvalue weighted by molar-refractivity contribution is 7.17. The van der Waals surface area contributed by atoms with Gasteiger partial charge >= 0.3 is 6.03 Å². The van der Waals surface area contributed by atoms with Crippen molar-refractivity contribution in [2.75, 3.05) is 6.54 Å². The lowest BCUT2D eigenvalue weighted by Crippen LogP contribution is -2.39. The molecule has 0 aliphatic heterocycles. The quantitative estimate of drug-likeness (QED) is 0.862. The van der Waals surface area contributed by atoms with Crippen molar-refractivity contribution < 1.29 is 4.79 Å². The normalized spacial score (nSPS) is 11.6. The van der Waals surface area contributed by atoms with Gasteiger partial charge in [0.1, 0.15) is 0 Å². The molecule has 1 aromatic heterocycles. The van der Waals surface area contributed by atoms with Crippen LogP contribution >= 0.6 is 11.3 Å². The summed E-state index contributed by atoms with van der Waals surface area (Å²) in [7, 11) is 0.